The summed E-state index contributed by atoms with van der Waals surface area (Å²) in [6.07, 6.45) is 6.18. The number of amides is 2. The van der Waals surface area contributed by atoms with Gasteiger partial charge < -0.3 is 20.3 Å². The Balaban J connectivity index is 0.00000363. The molecule has 3 N–H and O–H groups in total. The van der Waals surface area contributed by atoms with Gasteiger partial charge in [0.2, 0.25) is 5.91 Å². The Labute approximate surface area is 208 Å². The summed E-state index contributed by atoms with van der Waals surface area (Å²) in [7, 11) is 1.34. The largest absolute Gasteiger partial charge is 0.453 e. The molecule has 9 heteroatoms. The summed E-state index contributed by atoms with van der Waals surface area (Å²) >= 11 is 0. The maximum absolute atomic E-state index is 12.8. The Morgan fingerprint density at radius 2 is 1.84 bits per heavy atom. The lowest BCUT2D eigenvalue weighted by Gasteiger charge is -2.26. The maximum Gasteiger partial charge on any atom is 0.411 e. The van der Waals surface area contributed by atoms with Gasteiger partial charge in [0.15, 0.2) is 5.96 Å². The summed E-state index contributed by atoms with van der Waals surface area (Å²) in [5.74, 6) is 1.33. The van der Waals surface area contributed by atoms with Gasteiger partial charge in [-0.3, -0.25) is 10.1 Å². The van der Waals surface area contributed by atoms with Gasteiger partial charge in [0.25, 0.3) is 0 Å². The minimum atomic E-state index is -0.489. The van der Waals surface area contributed by atoms with Gasteiger partial charge in [-0.2, -0.15) is 0 Å². The Morgan fingerprint density at radius 3 is 2.50 bits per heavy atom. The molecule has 8 nitrogen and oxygen atoms in total. The number of anilines is 1. The summed E-state index contributed by atoms with van der Waals surface area (Å²) in [6, 6.07) is 7.73. The zero-order valence-corrected chi connectivity index (χ0v) is 21.4. The number of halogens is 1. The van der Waals surface area contributed by atoms with Crippen LogP contribution in [0.4, 0.5) is 10.5 Å². The average Bonchev–Trinajstić information content (AvgIpc) is 3.27. The van der Waals surface area contributed by atoms with Crippen molar-refractivity contribution in [3.05, 3.63) is 29.8 Å². The van der Waals surface area contributed by atoms with Crippen LogP contribution < -0.4 is 16.0 Å². The Hall–Kier alpha value is -2.04. The van der Waals surface area contributed by atoms with E-state index in [2.05, 4.69) is 20.7 Å². The fourth-order valence-corrected chi connectivity index (χ4v) is 4.23. The first-order chi connectivity index (χ1) is 15.1. The number of rotatable bonds is 6. The number of likely N-dealkylation sites (tertiary alicyclic amines) is 1. The normalized spacial score (nSPS) is 19.1. The van der Waals surface area contributed by atoms with E-state index in [4.69, 9.17) is 4.99 Å². The third-order valence-corrected chi connectivity index (χ3v) is 5.94. The number of aliphatic imine (C=N–C) groups is 1. The molecular formula is C23H36IN5O3. The van der Waals surface area contributed by atoms with E-state index >= 15 is 0 Å². The number of benzene rings is 1. The van der Waals surface area contributed by atoms with Crippen LogP contribution in [0.3, 0.4) is 0 Å². The molecule has 32 heavy (non-hydrogen) atoms. The monoisotopic (exact) mass is 557 g/mol. The highest BCUT2D eigenvalue weighted by molar-refractivity contribution is 14.0. The van der Waals surface area contributed by atoms with Crippen LogP contribution in [-0.2, 0) is 16.1 Å². The van der Waals surface area contributed by atoms with Gasteiger partial charge in [0, 0.05) is 37.3 Å². The van der Waals surface area contributed by atoms with Gasteiger partial charge >= 0.3 is 6.09 Å². The number of nitrogens with one attached hydrogen (secondary N) is 3. The predicted octanol–water partition coefficient (Wildman–Crippen LogP) is 3.72. The molecule has 1 atom stereocenters. The Kier molecular flexibility index (Phi) is 11.1. The maximum atomic E-state index is 12.8. The highest BCUT2D eigenvalue weighted by Crippen LogP contribution is 2.26. The first-order valence-electron chi connectivity index (χ1n) is 11.4. The molecule has 178 valence electrons. The second-order valence-electron chi connectivity index (χ2n) is 8.26. The molecule has 1 heterocycles. The van der Waals surface area contributed by atoms with Crippen molar-refractivity contribution in [2.45, 2.75) is 58.0 Å². The van der Waals surface area contributed by atoms with Crippen molar-refractivity contribution in [3.63, 3.8) is 0 Å². The molecule has 1 aliphatic carbocycles. The van der Waals surface area contributed by atoms with Crippen molar-refractivity contribution >= 4 is 47.6 Å². The molecule has 0 spiro atoms. The zero-order chi connectivity index (χ0) is 22.1. The van der Waals surface area contributed by atoms with Crippen LogP contribution in [-0.4, -0.2) is 55.6 Å². The topological polar surface area (TPSA) is 95.1 Å². The van der Waals surface area contributed by atoms with Crippen LogP contribution in [0.25, 0.3) is 0 Å². The third kappa shape index (κ3) is 7.83. The lowest BCUT2D eigenvalue weighted by Crippen LogP contribution is -2.45. The third-order valence-electron chi connectivity index (χ3n) is 5.94. The number of guanidine groups is 1. The van der Waals surface area contributed by atoms with E-state index in [0.29, 0.717) is 18.1 Å². The molecule has 2 fully saturated rings. The van der Waals surface area contributed by atoms with E-state index in [1.165, 1.54) is 26.4 Å². The number of nitrogens with zero attached hydrogens (tertiary/aromatic N) is 2. The summed E-state index contributed by atoms with van der Waals surface area (Å²) < 4.78 is 4.60. The number of carbonyl (C=O) groups is 2. The summed E-state index contributed by atoms with van der Waals surface area (Å²) in [5.41, 5.74) is 1.71. The van der Waals surface area contributed by atoms with Crippen LogP contribution in [0.15, 0.2) is 29.3 Å². The van der Waals surface area contributed by atoms with Crippen LogP contribution in [0.2, 0.25) is 0 Å². The quantitative estimate of drug-likeness (QED) is 0.282. The number of carbonyl (C=O) groups excluding carboxylic acids is 2. The molecule has 0 bridgehead atoms. The number of ether oxygens (including phenoxy) is 1. The van der Waals surface area contributed by atoms with Crippen LogP contribution >= 0.6 is 24.0 Å². The van der Waals surface area contributed by atoms with Crippen molar-refractivity contribution in [3.8, 4) is 0 Å². The fourth-order valence-electron chi connectivity index (χ4n) is 4.23. The minimum absolute atomic E-state index is 0. The van der Waals surface area contributed by atoms with Gasteiger partial charge in [0.05, 0.1) is 13.7 Å². The SMILES string of the molecule is CCNC(=NCc1ccc(NC(=O)OC)cc1)NC1CCN(C(=O)C2CCCCC2)C1.I. The summed E-state index contributed by atoms with van der Waals surface area (Å²) in [5, 5.41) is 9.42. The van der Waals surface area contributed by atoms with E-state index < -0.39 is 6.09 Å². The lowest BCUT2D eigenvalue weighted by atomic mass is 9.88. The standard InChI is InChI=1S/C23H35N5O3.HI/c1-3-24-22(25-15-17-9-11-19(12-10-17)27-23(30)31-2)26-20-13-14-28(16-20)21(29)18-7-5-4-6-8-18;/h9-12,18,20H,3-8,13-16H2,1-2H3,(H,27,30)(H2,24,25,26);1H. The first-order valence-corrected chi connectivity index (χ1v) is 11.4. The lowest BCUT2D eigenvalue weighted by molar-refractivity contribution is -0.135. The van der Waals surface area contributed by atoms with E-state index in [0.717, 1.165) is 50.4 Å². The molecule has 1 aromatic carbocycles. The van der Waals surface area contributed by atoms with Crippen LogP contribution in [0.1, 0.15) is 51.0 Å². The molecule has 0 aromatic heterocycles. The average molecular weight is 557 g/mol. The number of hydrogen-bond acceptors (Lipinski definition) is 4. The number of hydrogen-bond donors (Lipinski definition) is 3. The van der Waals surface area contributed by atoms with E-state index in [9.17, 15) is 9.59 Å². The predicted molar refractivity (Wildman–Crippen MR) is 137 cm³/mol. The van der Waals surface area contributed by atoms with Crippen LogP contribution in [0.5, 0.6) is 0 Å². The van der Waals surface area contributed by atoms with Gasteiger partial charge in [-0.05, 0) is 43.9 Å². The Morgan fingerprint density at radius 1 is 1.12 bits per heavy atom. The van der Waals surface area contributed by atoms with Crippen molar-refractivity contribution in [1.29, 1.82) is 0 Å². The molecule has 2 aliphatic rings. The Bertz CT molecular complexity index is 765. The zero-order valence-electron chi connectivity index (χ0n) is 19.1. The highest BCUT2D eigenvalue weighted by Gasteiger charge is 2.31. The molecule has 1 aliphatic heterocycles. The minimum Gasteiger partial charge on any atom is -0.453 e. The molecule has 1 aromatic rings. The molecule has 1 saturated heterocycles. The van der Waals surface area contributed by atoms with Gasteiger partial charge in [0.1, 0.15) is 0 Å². The van der Waals surface area contributed by atoms with E-state index in [-0.39, 0.29) is 35.9 Å². The summed E-state index contributed by atoms with van der Waals surface area (Å²) in [4.78, 5) is 30.8. The van der Waals surface area contributed by atoms with Crippen molar-refractivity contribution in [2.75, 3.05) is 32.1 Å². The molecule has 1 saturated carbocycles. The molecule has 0 radical (unpaired) electrons. The number of methoxy groups -OCH3 is 1. The van der Waals surface area contributed by atoms with Crippen molar-refractivity contribution < 1.29 is 14.3 Å². The summed E-state index contributed by atoms with van der Waals surface area (Å²) in [6.45, 7) is 4.89. The van der Waals surface area contributed by atoms with E-state index in [1.54, 1.807) is 0 Å². The fraction of sp³-hybridized carbons (Fsp3) is 0.609. The van der Waals surface area contributed by atoms with E-state index in [1.807, 2.05) is 36.1 Å². The van der Waals surface area contributed by atoms with Crippen molar-refractivity contribution in [1.82, 2.24) is 15.5 Å². The second-order valence-corrected chi connectivity index (χ2v) is 8.26. The molecule has 2 amide bonds. The highest BCUT2D eigenvalue weighted by atomic mass is 127. The van der Waals surface area contributed by atoms with Gasteiger partial charge in [-0.1, -0.05) is 31.4 Å². The van der Waals surface area contributed by atoms with Crippen molar-refractivity contribution in [2.24, 2.45) is 10.9 Å². The molecule has 3 rings (SSSR count). The van der Waals surface area contributed by atoms with Gasteiger partial charge in [-0.25, -0.2) is 9.79 Å². The van der Waals surface area contributed by atoms with Crippen LogP contribution in [0, 0.1) is 5.92 Å². The first kappa shape index (κ1) is 26.2. The molecular weight excluding hydrogens is 521 g/mol. The molecule has 1 unspecified atom stereocenters. The smallest absolute Gasteiger partial charge is 0.411 e. The second kappa shape index (κ2) is 13.5. The van der Waals surface area contributed by atoms with Gasteiger partial charge in [-0.15, -0.1) is 24.0 Å².